The third-order valence-electron chi connectivity index (χ3n) is 3.63. The highest BCUT2D eigenvalue weighted by molar-refractivity contribution is 6.47. The molecule has 7 nitrogen and oxygen atoms in total. The van der Waals surface area contributed by atoms with Gasteiger partial charge in [-0.15, -0.1) is 5.10 Å². The van der Waals surface area contributed by atoms with Gasteiger partial charge in [-0.3, -0.25) is 5.43 Å². The molecular weight excluding hydrogens is 352 g/mol. The lowest BCUT2D eigenvalue weighted by Crippen LogP contribution is -2.16. The molecule has 3 aromatic rings. The molecule has 0 aliphatic rings. The van der Waals surface area contributed by atoms with E-state index in [1.54, 1.807) is 38.1 Å². The van der Waals surface area contributed by atoms with Gasteiger partial charge in [0.2, 0.25) is 0 Å². The molecule has 8 heteroatoms. The van der Waals surface area contributed by atoms with E-state index in [-0.39, 0.29) is 5.71 Å². The minimum absolute atomic E-state index is 0.242. The molecule has 1 aromatic heterocycles. The van der Waals surface area contributed by atoms with Crippen molar-refractivity contribution < 1.29 is 5.21 Å². The summed E-state index contributed by atoms with van der Waals surface area (Å²) in [6.07, 6.45) is 0. The predicted octanol–water partition coefficient (Wildman–Crippen LogP) is 3.90. The molecule has 2 aromatic carbocycles. The summed E-state index contributed by atoms with van der Waals surface area (Å²) >= 11 is 5.86. The Kier molecular flexibility index (Phi) is 5.28. The van der Waals surface area contributed by atoms with Gasteiger partial charge in [0.1, 0.15) is 5.69 Å². The van der Waals surface area contributed by atoms with Crippen LogP contribution in [0.5, 0.6) is 0 Å². The summed E-state index contributed by atoms with van der Waals surface area (Å²) in [7, 11) is 0. The van der Waals surface area contributed by atoms with Gasteiger partial charge in [0.25, 0.3) is 0 Å². The van der Waals surface area contributed by atoms with Crippen LogP contribution >= 0.6 is 11.6 Å². The van der Waals surface area contributed by atoms with Gasteiger partial charge in [0, 0.05) is 5.02 Å². The number of nitrogens with zero attached hydrogens (tertiary/aromatic N) is 5. The number of nitrogens with one attached hydrogen (secondary N) is 1. The maximum Gasteiger partial charge on any atom is 0.155 e. The second kappa shape index (κ2) is 7.79. The largest absolute Gasteiger partial charge is 0.410 e. The summed E-state index contributed by atoms with van der Waals surface area (Å²) in [4.78, 5) is 1.50. The highest BCUT2D eigenvalue weighted by atomic mass is 35.5. The highest BCUT2D eigenvalue weighted by Gasteiger charge is 2.18. The summed E-state index contributed by atoms with van der Waals surface area (Å²) in [6, 6.07) is 16.6. The molecule has 0 aliphatic heterocycles. The van der Waals surface area contributed by atoms with Crippen LogP contribution < -0.4 is 5.43 Å². The van der Waals surface area contributed by atoms with Crippen LogP contribution in [0.4, 0.5) is 5.69 Å². The average molecular weight is 369 g/mol. The van der Waals surface area contributed by atoms with E-state index in [9.17, 15) is 5.21 Å². The quantitative estimate of drug-likeness (QED) is 0.406. The van der Waals surface area contributed by atoms with Crippen LogP contribution in [0.1, 0.15) is 18.3 Å². The lowest BCUT2D eigenvalue weighted by atomic mass is 10.1. The highest BCUT2D eigenvalue weighted by Crippen LogP contribution is 2.14. The van der Waals surface area contributed by atoms with Crippen LogP contribution in [0.3, 0.4) is 0 Å². The Bertz CT molecular complexity index is 948. The summed E-state index contributed by atoms with van der Waals surface area (Å²) < 4.78 is 0. The molecule has 0 fully saturated rings. The number of hydrazone groups is 1. The van der Waals surface area contributed by atoms with E-state index < -0.39 is 0 Å². The van der Waals surface area contributed by atoms with Gasteiger partial charge >= 0.3 is 0 Å². The molecular formula is C18H17ClN6O. The van der Waals surface area contributed by atoms with Crippen LogP contribution in [-0.4, -0.2) is 31.6 Å². The van der Waals surface area contributed by atoms with Crippen molar-refractivity contribution in [3.05, 3.63) is 71.0 Å². The van der Waals surface area contributed by atoms with Crippen molar-refractivity contribution in [1.29, 1.82) is 0 Å². The SMILES string of the molecule is CC(=N\Nc1ccc(Cl)cc1)/C(=N/O)c1nn(-c2ccccc2)nc1C. The lowest BCUT2D eigenvalue weighted by molar-refractivity contribution is 0.320. The van der Waals surface area contributed by atoms with Gasteiger partial charge in [0.05, 0.1) is 22.8 Å². The lowest BCUT2D eigenvalue weighted by Gasteiger charge is -2.04. The molecule has 3 rings (SSSR count). The van der Waals surface area contributed by atoms with Crippen LogP contribution in [0.2, 0.25) is 5.02 Å². The molecule has 1 heterocycles. The van der Waals surface area contributed by atoms with Gasteiger partial charge in [-0.1, -0.05) is 35.0 Å². The second-order valence-corrected chi connectivity index (χ2v) is 5.96. The molecule has 0 saturated carbocycles. The van der Waals surface area contributed by atoms with E-state index in [1.807, 2.05) is 30.3 Å². The smallest absolute Gasteiger partial charge is 0.155 e. The number of para-hydroxylation sites is 1. The van der Waals surface area contributed by atoms with Gasteiger partial charge in [-0.2, -0.15) is 15.0 Å². The van der Waals surface area contributed by atoms with E-state index in [4.69, 9.17) is 11.6 Å². The Morgan fingerprint density at radius 3 is 2.42 bits per heavy atom. The van der Waals surface area contributed by atoms with E-state index in [1.165, 1.54) is 4.80 Å². The molecule has 0 spiro atoms. The van der Waals surface area contributed by atoms with Gasteiger partial charge < -0.3 is 5.21 Å². The molecule has 0 saturated heterocycles. The molecule has 0 atom stereocenters. The number of benzene rings is 2. The Hall–Kier alpha value is -3.19. The molecule has 26 heavy (non-hydrogen) atoms. The molecule has 0 radical (unpaired) electrons. The van der Waals surface area contributed by atoms with Crippen molar-refractivity contribution >= 4 is 28.7 Å². The van der Waals surface area contributed by atoms with Crippen LogP contribution in [-0.2, 0) is 0 Å². The van der Waals surface area contributed by atoms with Crippen molar-refractivity contribution in [2.24, 2.45) is 10.3 Å². The fourth-order valence-electron chi connectivity index (χ4n) is 2.29. The molecule has 0 bridgehead atoms. The fraction of sp³-hybridized carbons (Fsp3) is 0.111. The number of anilines is 1. The second-order valence-electron chi connectivity index (χ2n) is 5.52. The molecule has 0 amide bonds. The first-order valence-corrected chi connectivity index (χ1v) is 8.24. The number of aryl methyl sites for hydroxylation is 1. The number of hydrogen-bond donors (Lipinski definition) is 2. The molecule has 0 unspecified atom stereocenters. The Balaban J connectivity index is 1.85. The first-order chi connectivity index (χ1) is 12.6. The first kappa shape index (κ1) is 17.6. The van der Waals surface area contributed by atoms with Crippen molar-refractivity contribution in [3.63, 3.8) is 0 Å². The van der Waals surface area contributed by atoms with Crippen molar-refractivity contribution in [2.45, 2.75) is 13.8 Å². The first-order valence-electron chi connectivity index (χ1n) is 7.86. The standard InChI is InChI=1S/C18H17ClN6O/c1-12(20-21-15-10-8-14(19)9-11-15)18(24-26)17-13(2)22-25(23-17)16-6-4-3-5-7-16/h3-11,21,26H,1-2H3/b20-12+,24-18-. The Morgan fingerprint density at radius 1 is 1.08 bits per heavy atom. The molecule has 0 aliphatic carbocycles. The van der Waals surface area contributed by atoms with Crippen molar-refractivity contribution in [2.75, 3.05) is 5.43 Å². The Labute approximate surface area is 155 Å². The number of halogens is 1. The van der Waals surface area contributed by atoms with Crippen molar-refractivity contribution in [3.8, 4) is 5.69 Å². The van der Waals surface area contributed by atoms with Gasteiger partial charge in [0.15, 0.2) is 5.71 Å². The zero-order valence-electron chi connectivity index (χ0n) is 14.3. The minimum Gasteiger partial charge on any atom is -0.410 e. The van der Waals surface area contributed by atoms with Crippen LogP contribution in [0.25, 0.3) is 5.69 Å². The number of hydrogen-bond acceptors (Lipinski definition) is 6. The van der Waals surface area contributed by atoms with Crippen LogP contribution in [0.15, 0.2) is 64.9 Å². The third kappa shape index (κ3) is 3.89. The normalized spacial score (nSPS) is 12.3. The fourth-order valence-corrected chi connectivity index (χ4v) is 2.42. The molecule has 2 N–H and O–H groups in total. The monoisotopic (exact) mass is 368 g/mol. The van der Waals surface area contributed by atoms with Gasteiger partial charge in [-0.05, 0) is 50.2 Å². The van der Waals surface area contributed by atoms with Crippen LogP contribution in [0, 0.1) is 6.92 Å². The maximum absolute atomic E-state index is 9.47. The Morgan fingerprint density at radius 2 is 1.77 bits per heavy atom. The zero-order valence-corrected chi connectivity index (χ0v) is 15.0. The van der Waals surface area contributed by atoms with E-state index >= 15 is 0 Å². The minimum atomic E-state index is 0.242. The summed E-state index contributed by atoms with van der Waals surface area (Å²) in [5.74, 6) is 0. The summed E-state index contributed by atoms with van der Waals surface area (Å²) in [6.45, 7) is 3.52. The van der Waals surface area contributed by atoms with E-state index in [0.717, 1.165) is 11.4 Å². The topological polar surface area (TPSA) is 87.7 Å². The molecule has 132 valence electrons. The third-order valence-corrected chi connectivity index (χ3v) is 3.89. The van der Waals surface area contributed by atoms with Crippen molar-refractivity contribution in [1.82, 2.24) is 15.0 Å². The average Bonchev–Trinajstić information content (AvgIpc) is 3.04. The van der Waals surface area contributed by atoms with Gasteiger partial charge in [-0.25, -0.2) is 0 Å². The van der Waals surface area contributed by atoms with E-state index in [2.05, 4.69) is 25.9 Å². The number of oxime groups is 1. The number of rotatable bonds is 5. The van der Waals surface area contributed by atoms with E-state index in [0.29, 0.717) is 22.1 Å². The maximum atomic E-state index is 9.47. The predicted molar refractivity (Wildman–Crippen MR) is 103 cm³/mol. The summed E-state index contributed by atoms with van der Waals surface area (Å²) in [5, 5.41) is 26.5. The number of aromatic nitrogens is 3. The summed E-state index contributed by atoms with van der Waals surface area (Å²) in [5.41, 5.74) is 6.26. The zero-order chi connectivity index (χ0) is 18.5.